The molecule has 2 amide bonds. The summed E-state index contributed by atoms with van der Waals surface area (Å²) in [4.78, 5) is 30.5. The molecule has 0 atom stereocenters. The molecule has 0 unspecified atom stereocenters. The third-order valence-electron chi connectivity index (χ3n) is 4.93. The highest BCUT2D eigenvalue weighted by atomic mass is 16.2. The molecule has 0 spiro atoms. The molecule has 0 bridgehead atoms. The predicted octanol–water partition coefficient (Wildman–Crippen LogP) is 2.50. The van der Waals surface area contributed by atoms with E-state index in [0.29, 0.717) is 19.6 Å². The number of nitrogens with zero attached hydrogens (tertiary/aromatic N) is 3. The Morgan fingerprint density at radius 3 is 2.18 bits per heavy atom. The Kier molecular flexibility index (Phi) is 6.98. The van der Waals surface area contributed by atoms with E-state index in [0.717, 1.165) is 25.2 Å². The van der Waals surface area contributed by atoms with Crippen molar-refractivity contribution in [2.45, 2.75) is 6.54 Å². The van der Waals surface area contributed by atoms with Crippen LogP contribution in [0.15, 0.2) is 66.7 Å². The quantitative estimate of drug-likeness (QED) is 0.752. The van der Waals surface area contributed by atoms with Gasteiger partial charge in [0, 0.05) is 46.3 Å². The Labute approximate surface area is 166 Å². The average molecular weight is 377 g/mol. The number of hydrogen-bond acceptors (Lipinski definition) is 3. The molecule has 0 N–H and O–H groups in total. The Morgan fingerprint density at radius 2 is 1.54 bits per heavy atom. The van der Waals surface area contributed by atoms with Gasteiger partial charge in [0.15, 0.2) is 0 Å². The van der Waals surface area contributed by atoms with Crippen molar-refractivity contribution in [1.29, 1.82) is 0 Å². The summed E-state index contributed by atoms with van der Waals surface area (Å²) in [5.74, 6) is -0.848. The lowest BCUT2D eigenvalue weighted by Gasteiger charge is -2.34. The van der Waals surface area contributed by atoms with Crippen molar-refractivity contribution >= 4 is 17.9 Å². The molecule has 0 saturated carbocycles. The first-order chi connectivity index (χ1) is 13.6. The third kappa shape index (κ3) is 5.54. The van der Waals surface area contributed by atoms with Gasteiger partial charge in [0.2, 0.25) is 0 Å². The molecular formula is C23H27N3O2. The van der Waals surface area contributed by atoms with Crippen LogP contribution in [0.5, 0.6) is 0 Å². The van der Waals surface area contributed by atoms with Crippen LogP contribution in [0.4, 0.5) is 0 Å². The van der Waals surface area contributed by atoms with E-state index < -0.39 is 11.8 Å². The third-order valence-corrected chi connectivity index (χ3v) is 4.93. The van der Waals surface area contributed by atoms with Crippen molar-refractivity contribution < 1.29 is 9.59 Å². The van der Waals surface area contributed by atoms with Crippen molar-refractivity contribution in [3.8, 4) is 0 Å². The molecule has 28 heavy (non-hydrogen) atoms. The fourth-order valence-electron chi connectivity index (χ4n) is 3.26. The molecule has 2 aromatic carbocycles. The van der Waals surface area contributed by atoms with Crippen LogP contribution in [-0.4, -0.2) is 66.3 Å². The SMILES string of the molecule is CN(Cc1ccccc1)C(=O)C(=O)N1CCN(C/C=C/c2ccccc2)CC1. The molecule has 0 radical (unpaired) electrons. The van der Waals surface area contributed by atoms with E-state index >= 15 is 0 Å². The fraction of sp³-hybridized carbons (Fsp3) is 0.304. The van der Waals surface area contributed by atoms with Gasteiger partial charge >= 0.3 is 11.8 Å². The van der Waals surface area contributed by atoms with Crippen molar-refractivity contribution in [3.63, 3.8) is 0 Å². The van der Waals surface area contributed by atoms with Crippen molar-refractivity contribution in [3.05, 3.63) is 77.9 Å². The van der Waals surface area contributed by atoms with Gasteiger partial charge in [-0.2, -0.15) is 0 Å². The molecule has 3 rings (SSSR count). The molecule has 1 heterocycles. The number of carbonyl (C=O) groups is 2. The summed E-state index contributed by atoms with van der Waals surface area (Å²) < 4.78 is 0. The molecule has 0 aromatic heterocycles. The number of likely N-dealkylation sites (N-methyl/N-ethyl adjacent to an activating group) is 1. The Hall–Kier alpha value is -2.92. The molecule has 146 valence electrons. The van der Waals surface area contributed by atoms with E-state index in [4.69, 9.17) is 0 Å². The van der Waals surface area contributed by atoms with Crippen LogP contribution >= 0.6 is 0 Å². The summed E-state index contributed by atoms with van der Waals surface area (Å²) in [7, 11) is 1.68. The zero-order chi connectivity index (χ0) is 19.8. The second-order valence-electron chi connectivity index (χ2n) is 7.05. The molecule has 1 saturated heterocycles. The maximum Gasteiger partial charge on any atom is 0.312 e. The van der Waals surface area contributed by atoms with Crippen LogP contribution in [0.25, 0.3) is 6.08 Å². The summed E-state index contributed by atoms with van der Waals surface area (Å²) in [5.41, 5.74) is 2.20. The van der Waals surface area contributed by atoms with E-state index in [-0.39, 0.29) is 0 Å². The lowest BCUT2D eigenvalue weighted by molar-refractivity contribution is -0.152. The van der Waals surface area contributed by atoms with Gasteiger partial charge < -0.3 is 9.80 Å². The highest BCUT2D eigenvalue weighted by Crippen LogP contribution is 2.08. The maximum absolute atomic E-state index is 12.5. The summed E-state index contributed by atoms with van der Waals surface area (Å²) >= 11 is 0. The summed E-state index contributed by atoms with van der Waals surface area (Å²) in [6.45, 7) is 4.02. The van der Waals surface area contributed by atoms with Gasteiger partial charge in [-0.25, -0.2) is 0 Å². The molecular weight excluding hydrogens is 350 g/mol. The number of amides is 2. The lowest BCUT2D eigenvalue weighted by atomic mass is 10.2. The minimum atomic E-state index is -0.443. The van der Waals surface area contributed by atoms with Crippen LogP contribution in [0.1, 0.15) is 11.1 Å². The molecule has 5 heteroatoms. The summed E-state index contributed by atoms with van der Waals surface area (Å²) in [5, 5.41) is 0. The van der Waals surface area contributed by atoms with Crippen molar-refractivity contribution in [1.82, 2.24) is 14.7 Å². The standard InChI is InChI=1S/C23H27N3O2/c1-24(19-21-11-6-3-7-12-21)22(27)23(28)26-17-15-25(16-18-26)14-8-13-20-9-4-2-5-10-20/h2-13H,14-19H2,1H3/b13-8+. The van der Waals surface area contributed by atoms with Gasteiger partial charge in [-0.3, -0.25) is 14.5 Å². The molecule has 0 aliphatic carbocycles. The number of benzene rings is 2. The van der Waals surface area contributed by atoms with Crippen molar-refractivity contribution in [2.24, 2.45) is 0 Å². The predicted molar refractivity (Wildman–Crippen MR) is 111 cm³/mol. The Morgan fingerprint density at radius 1 is 0.929 bits per heavy atom. The Balaban J connectivity index is 1.44. The lowest BCUT2D eigenvalue weighted by Crippen LogP contribution is -2.52. The molecule has 5 nitrogen and oxygen atoms in total. The second kappa shape index (κ2) is 9.85. The molecule has 1 aliphatic rings. The minimum absolute atomic E-state index is 0.405. The van der Waals surface area contributed by atoms with Crippen LogP contribution in [0.3, 0.4) is 0 Å². The monoisotopic (exact) mass is 377 g/mol. The largest absolute Gasteiger partial charge is 0.333 e. The first kappa shape index (κ1) is 19.8. The van der Waals surface area contributed by atoms with E-state index in [1.54, 1.807) is 11.9 Å². The molecule has 1 fully saturated rings. The number of rotatable bonds is 5. The zero-order valence-electron chi connectivity index (χ0n) is 16.3. The highest BCUT2D eigenvalue weighted by Gasteiger charge is 2.27. The van der Waals surface area contributed by atoms with Gasteiger partial charge in [-0.05, 0) is 11.1 Å². The van der Waals surface area contributed by atoms with Crippen LogP contribution < -0.4 is 0 Å². The van der Waals surface area contributed by atoms with Gasteiger partial charge in [-0.15, -0.1) is 0 Å². The van der Waals surface area contributed by atoms with Crippen LogP contribution in [0.2, 0.25) is 0 Å². The second-order valence-corrected chi connectivity index (χ2v) is 7.05. The van der Waals surface area contributed by atoms with E-state index in [1.807, 2.05) is 48.5 Å². The number of hydrogen-bond donors (Lipinski definition) is 0. The fourth-order valence-corrected chi connectivity index (χ4v) is 3.26. The molecule has 1 aliphatic heterocycles. The smallest absolute Gasteiger partial charge is 0.312 e. The van der Waals surface area contributed by atoms with Crippen molar-refractivity contribution in [2.75, 3.05) is 39.8 Å². The van der Waals surface area contributed by atoms with Crippen LogP contribution in [0, 0.1) is 0 Å². The van der Waals surface area contributed by atoms with Crippen LogP contribution in [-0.2, 0) is 16.1 Å². The average Bonchev–Trinajstić information content (AvgIpc) is 2.74. The first-order valence-corrected chi connectivity index (χ1v) is 9.66. The van der Waals surface area contributed by atoms with E-state index in [2.05, 4.69) is 29.2 Å². The minimum Gasteiger partial charge on any atom is -0.333 e. The topological polar surface area (TPSA) is 43.9 Å². The highest BCUT2D eigenvalue weighted by molar-refractivity contribution is 6.34. The number of carbonyl (C=O) groups excluding carboxylic acids is 2. The normalized spacial score (nSPS) is 15.0. The van der Waals surface area contributed by atoms with Gasteiger partial charge in [0.05, 0.1) is 0 Å². The Bertz CT molecular complexity index is 797. The van der Waals surface area contributed by atoms with Gasteiger partial charge in [0.25, 0.3) is 0 Å². The van der Waals surface area contributed by atoms with Gasteiger partial charge in [-0.1, -0.05) is 72.8 Å². The first-order valence-electron chi connectivity index (χ1n) is 9.66. The van der Waals surface area contributed by atoms with E-state index in [1.165, 1.54) is 10.5 Å². The van der Waals surface area contributed by atoms with E-state index in [9.17, 15) is 9.59 Å². The molecule has 2 aromatic rings. The zero-order valence-corrected chi connectivity index (χ0v) is 16.3. The summed E-state index contributed by atoms with van der Waals surface area (Å²) in [6, 6.07) is 19.9. The maximum atomic E-state index is 12.5. The van der Waals surface area contributed by atoms with Gasteiger partial charge in [0.1, 0.15) is 0 Å². The summed E-state index contributed by atoms with van der Waals surface area (Å²) in [6.07, 6.45) is 4.26. The number of piperazine rings is 1.